The highest BCUT2D eigenvalue weighted by molar-refractivity contribution is 5.97. The highest BCUT2D eigenvalue weighted by Crippen LogP contribution is 2.31. The zero-order valence-electron chi connectivity index (χ0n) is 15.7. The van der Waals surface area contributed by atoms with E-state index in [9.17, 15) is 14.4 Å². The highest BCUT2D eigenvalue weighted by Gasteiger charge is 2.39. The molecule has 1 fully saturated rings. The van der Waals surface area contributed by atoms with Crippen molar-refractivity contribution in [3.63, 3.8) is 0 Å². The van der Waals surface area contributed by atoms with E-state index in [-0.39, 0.29) is 30.3 Å². The van der Waals surface area contributed by atoms with E-state index in [1.807, 2.05) is 36.1 Å². The molecule has 8 heteroatoms. The molecule has 0 aromatic heterocycles. The van der Waals surface area contributed by atoms with Gasteiger partial charge in [-0.05, 0) is 25.5 Å². The molecule has 3 rings (SSSR count). The van der Waals surface area contributed by atoms with Gasteiger partial charge in [0, 0.05) is 26.1 Å². The number of para-hydroxylation sites is 2. The summed E-state index contributed by atoms with van der Waals surface area (Å²) in [5, 5.41) is 5.68. The SMILES string of the molecule is CCNC(=O)[C@@H]1C[C@H](NC(C)=O)CN1CC(=O)N1CCOc2ccccc21. The largest absolute Gasteiger partial charge is 0.490 e. The standard InChI is InChI=1S/C19H26N4O4/c1-3-20-19(26)16-10-14(21-13(2)24)11-22(16)12-18(25)23-8-9-27-17-7-5-4-6-15(17)23/h4-7,14,16H,3,8-12H2,1-2H3,(H,20,26)(H,21,24)/t14-,16-/m0/s1. The van der Waals surface area contributed by atoms with Gasteiger partial charge < -0.3 is 20.3 Å². The number of nitrogens with zero attached hydrogens (tertiary/aromatic N) is 2. The van der Waals surface area contributed by atoms with Gasteiger partial charge in [-0.15, -0.1) is 0 Å². The summed E-state index contributed by atoms with van der Waals surface area (Å²) in [5.41, 5.74) is 0.751. The predicted octanol–water partition coefficient (Wildman–Crippen LogP) is 0.127. The first-order chi connectivity index (χ1) is 13.0. The molecule has 2 N–H and O–H groups in total. The molecule has 146 valence electrons. The Balaban J connectivity index is 1.73. The quantitative estimate of drug-likeness (QED) is 0.764. The number of hydrogen-bond acceptors (Lipinski definition) is 5. The minimum Gasteiger partial charge on any atom is -0.490 e. The van der Waals surface area contributed by atoms with E-state index in [0.29, 0.717) is 38.4 Å². The number of rotatable bonds is 5. The van der Waals surface area contributed by atoms with Crippen molar-refractivity contribution in [2.45, 2.75) is 32.4 Å². The number of carbonyl (C=O) groups is 3. The molecule has 0 bridgehead atoms. The van der Waals surface area contributed by atoms with Crippen LogP contribution in [0.5, 0.6) is 5.75 Å². The summed E-state index contributed by atoms with van der Waals surface area (Å²) in [6, 6.07) is 6.87. The Morgan fingerprint density at radius 2 is 2.04 bits per heavy atom. The molecule has 0 radical (unpaired) electrons. The van der Waals surface area contributed by atoms with Crippen molar-refractivity contribution >= 4 is 23.4 Å². The zero-order chi connectivity index (χ0) is 19.4. The predicted molar refractivity (Wildman–Crippen MR) is 101 cm³/mol. The highest BCUT2D eigenvalue weighted by atomic mass is 16.5. The number of likely N-dealkylation sites (N-methyl/N-ethyl adjacent to an activating group) is 1. The van der Waals surface area contributed by atoms with Crippen LogP contribution in [0.1, 0.15) is 20.3 Å². The number of nitrogens with one attached hydrogen (secondary N) is 2. The van der Waals surface area contributed by atoms with E-state index in [1.165, 1.54) is 6.92 Å². The third-order valence-corrected chi connectivity index (χ3v) is 4.83. The molecule has 2 aliphatic heterocycles. The van der Waals surface area contributed by atoms with Crippen LogP contribution in [0.25, 0.3) is 0 Å². The van der Waals surface area contributed by atoms with Crippen LogP contribution in [0.2, 0.25) is 0 Å². The Morgan fingerprint density at radius 3 is 2.78 bits per heavy atom. The van der Waals surface area contributed by atoms with Gasteiger partial charge in [0.25, 0.3) is 0 Å². The van der Waals surface area contributed by atoms with Crippen molar-refractivity contribution in [1.29, 1.82) is 0 Å². The summed E-state index contributed by atoms with van der Waals surface area (Å²) in [5.74, 6) is 0.365. The van der Waals surface area contributed by atoms with Crippen LogP contribution in [0, 0.1) is 0 Å². The van der Waals surface area contributed by atoms with E-state index in [4.69, 9.17) is 4.74 Å². The van der Waals surface area contributed by atoms with E-state index in [2.05, 4.69) is 10.6 Å². The molecule has 27 heavy (non-hydrogen) atoms. The summed E-state index contributed by atoms with van der Waals surface area (Å²) < 4.78 is 5.61. The monoisotopic (exact) mass is 374 g/mol. The molecule has 1 aromatic rings. The Kier molecular flexibility index (Phi) is 5.95. The van der Waals surface area contributed by atoms with Gasteiger partial charge in [0.2, 0.25) is 17.7 Å². The van der Waals surface area contributed by atoms with Gasteiger partial charge in [0.1, 0.15) is 12.4 Å². The molecule has 1 saturated heterocycles. The Labute approximate surface area is 158 Å². The Morgan fingerprint density at radius 1 is 1.26 bits per heavy atom. The number of fused-ring (bicyclic) bond motifs is 1. The van der Waals surface area contributed by atoms with E-state index < -0.39 is 6.04 Å². The molecular formula is C19H26N4O4. The molecule has 1 aromatic carbocycles. The second-order valence-corrected chi connectivity index (χ2v) is 6.83. The number of anilines is 1. The second-order valence-electron chi connectivity index (χ2n) is 6.83. The average Bonchev–Trinajstić information content (AvgIpc) is 3.03. The van der Waals surface area contributed by atoms with Crippen molar-refractivity contribution in [2.24, 2.45) is 0 Å². The maximum atomic E-state index is 13.0. The molecule has 8 nitrogen and oxygen atoms in total. The minimum atomic E-state index is -0.429. The maximum absolute atomic E-state index is 13.0. The second kappa shape index (κ2) is 8.39. The minimum absolute atomic E-state index is 0.0801. The van der Waals surface area contributed by atoms with Gasteiger partial charge in [-0.2, -0.15) is 0 Å². The number of amides is 3. The van der Waals surface area contributed by atoms with Crippen LogP contribution >= 0.6 is 0 Å². The number of benzene rings is 1. The first-order valence-electron chi connectivity index (χ1n) is 9.30. The summed E-state index contributed by atoms with van der Waals surface area (Å²) >= 11 is 0. The summed E-state index contributed by atoms with van der Waals surface area (Å²) in [6.07, 6.45) is 0.498. The molecule has 2 heterocycles. The molecule has 0 spiro atoms. The van der Waals surface area contributed by atoms with Gasteiger partial charge in [-0.3, -0.25) is 19.3 Å². The topological polar surface area (TPSA) is 91.0 Å². The molecular weight excluding hydrogens is 348 g/mol. The van der Waals surface area contributed by atoms with Crippen LogP contribution in [0.15, 0.2) is 24.3 Å². The van der Waals surface area contributed by atoms with Gasteiger partial charge >= 0.3 is 0 Å². The average molecular weight is 374 g/mol. The van der Waals surface area contributed by atoms with Crippen molar-refractivity contribution in [2.75, 3.05) is 37.7 Å². The van der Waals surface area contributed by atoms with Gasteiger partial charge in [-0.1, -0.05) is 12.1 Å². The van der Waals surface area contributed by atoms with Gasteiger partial charge in [0.05, 0.1) is 24.8 Å². The van der Waals surface area contributed by atoms with Crippen molar-refractivity contribution in [1.82, 2.24) is 15.5 Å². The molecule has 0 aliphatic carbocycles. The lowest BCUT2D eigenvalue weighted by molar-refractivity contribution is -0.127. The molecule has 0 unspecified atom stereocenters. The number of carbonyl (C=O) groups excluding carboxylic acids is 3. The van der Waals surface area contributed by atoms with Crippen LogP contribution < -0.4 is 20.3 Å². The van der Waals surface area contributed by atoms with Crippen LogP contribution in [-0.4, -0.2) is 67.5 Å². The fraction of sp³-hybridized carbons (Fsp3) is 0.526. The fourth-order valence-corrected chi connectivity index (χ4v) is 3.72. The lowest BCUT2D eigenvalue weighted by Crippen LogP contribution is -2.49. The van der Waals surface area contributed by atoms with Crippen molar-refractivity contribution < 1.29 is 19.1 Å². The number of ether oxygens (including phenoxy) is 1. The third-order valence-electron chi connectivity index (χ3n) is 4.83. The van der Waals surface area contributed by atoms with E-state index in [0.717, 1.165) is 5.69 Å². The first kappa shape index (κ1) is 19.2. The molecule has 0 saturated carbocycles. The fourth-order valence-electron chi connectivity index (χ4n) is 3.72. The maximum Gasteiger partial charge on any atom is 0.241 e. The van der Waals surface area contributed by atoms with E-state index >= 15 is 0 Å². The van der Waals surface area contributed by atoms with Crippen LogP contribution in [0.4, 0.5) is 5.69 Å². The van der Waals surface area contributed by atoms with E-state index in [1.54, 1.807) is 4.90 Å². The number of likely N-dealkylation sites (tertiary alicyclic amines) is 1. The lowest BCUT2D eigenvalue weighted by atomic mass is 10.1. The van der Waals surface area contributed by atoms with Crippen molar-refractivity contribution in [3.05, 3.63) is 24.3 Å². The van der Waals surface area contributed by atoms with Gasteiger partial charge in [-0.25, -0.2) is 0 Å². The van der Waals surface area contributed by atoms with Crippen LogP contribution in [-0.2, 0) is 14.4 Å². The first-order valence-corrected chi connectivity index (χ1v) is 9.30. The smallest absolute Gasteiger partial charge is 0.241 e. The molecule has 2 atom stereocenters. The zero-order valence-corrected chi connectivity index (χ0v) is 15.7. The Bertz CT molecular complexity index is 723. The normalized spacial score (nSPS) is 21.9. The summed E-state index contributed by atoms with van der Waals surface area (Å²) in [7, 11) is 0. The number of hydrogen-bond donors (Lipinski definition) is 2. The lowest BCUT2D eigenvalue weighted by Gasteiger charge is -2.31. The van der Waals surface area contributed by atoms with Gasteiger partial charge in [0.15, 0.2) is 0 Å². The summed E-state index contributed by atoms with van der Waals surface area (Å²) in [6.45, 7) is 5.35. The van der Waals surface area contributed by atoms with Crippen molar-refractivity contribution in [3.8, 4) is 5.75 Å². The summed E-state index contributed by atoms with van der Waals surface area (Å²) in [4.78, 5) is 40.4. The molecule has 3 amide bonds. The molecule has 2 aliphatic rings. The third kappa shape index (κ3) is 4.39. The van der Waals surface area contributed by atoms with Crippen LogP contribution in [0.3, 0.4) is 0 Å². The Hall–Kier alpha value is -2.61.